The average molecular weight is 270 g/mol. The van der Waals surface area contributed by atoms with Crippen LogP contribution in [0.2, 0.25) is 5.02 Å². The summed E-state index contributed by atoms with van der Waals surface area (Å²) in [5.74, 6) is -0.880. The predicted molar refractivity (Wildman–Crippen MR) is 69.6 cm³/mol. The van der Waals surface area contributed by atoms with E-state index in [9.17, 15) is 9.59 Å². The van der Waals surface area contributed by atoms with Crippen molar-refractivity contribution in [2.45, 2.75) is 26.4 Å². The first kappa shape index (κ1) is 14.5. The van der Waals surface area contributed by atoms with Crippen LogP contribution in [0.4, 0.5) is 0 Å². The lowest BCUT2D eigenvalue weighted by molar-refractivity contribution is -0.153. The van der Waals surface area contributed by atoms with Gasteiger partial charge in [-0.05, 0) is 32.9 Å². The molecule has 0 atom stereocenters. The molecule has 1 aromatic carbocycles. The van der Waals surface area contributed by atoms with E-state index >= 15 is 0 Å². The predicted octanol–water partition coefficient (Wildman–Crippen LogP) is 2.41. The molecule has 0 radical (unpaired) electrons. The van der Waals surface area contributed by atoms with Crippen molar-refractivity contribution in [1.29, 1.82) is 0 Å². The Labute approximate surface area is 111 Å². The Morgan fingerprint density at radius 2 is 1.89 bits per heavy atom. The number of rotatable bonds is 3. The largest absolute Gasteiger partial charge is 0.459 e. The summed E-state index contributed by atoms with van der Waals surface area (Å²) in [6.07, 6.45) is 0. The normalized spacial score (nSPS) is 10.9. The molecule has 5 heteroatoms. The van der Waals surface area contributed by atoms with E-state index < -0.39 is 17.5 Å². The molecule has 4 nitrogen and oxygen atoms in total. The lowest BCUT2D eigenvalue weighted by Crippen LogP contribution is -2.34. The second-order valence-electron chi connectivity index (χ2n) is 4.75. The van der Waals surface area contributed by atoms with Crippen LogP contribution in [0.5, 0.6) is 0 Å². The van der Waals surface area contributed by atoms with E-state index in [1.807, 2.05) is 0 Å². The van der Waals surface area contributed by atoms with Crippen LogP contribution < -0.4 is 5.32 Å². The summed E-state index contributed by atoms with van der Waals surface area (Å²) in [5.41, 5.74) is -0.227. The smallest absolute Gasteiger partial charge is 0.325 e. The highest BCUT2D eigenvalue weighted by molar-refractivity contribution is 6.33. The van der Waals surface area contributed by atoms with Crippen LogP contribution in [0.15, 0.2) is 24.3 Å². The van der Waals surface area contributed by atoms with Crippen LogP contribution in [-0.4, -0.2) is 24.0 Å². The van der Waals surface area contributed by atoms with Gasteiger partial charge >= 0.3 is 5.97 Å². The summed E-state index contributed by atoms with van der Waals surface area (Å²) >= 11 is 5.86. The summed E-state index contributed by atoms with van der Waals surface area (Å²) in [5, 5.41) is 2.81. The molecule has 0 fully saturated rings. The number of hydrogen-bond donors (Lipinski definition) is 1. The van der Waals surface area contributed by atoms with Gasteiger partial charge < -0.3 is 10.1 Å². The molecule has 0 aliphatic heterocycles. The molecular weight excluding hydrogens is 254 g/mol. The second kappa shape index (κ2) is 5.87. The van der Waals surface area contributed by atoms with Crippen molar-refractivity contribution in [3.63, 3.8) is 0 Å². The van der Waals surface area contributed by atoms with Gasteiger partial charge in [0.15, 0.2) is 0 Å². The number of halogens is 1. The van der Waals surface area contributed by atoms with E-state index in [2.05, 4.69) is 5.32 Å². The molecule has 0 aromatic heterocycles. The molecule has 1 N–H and O–H groups in total. The fourth-order valence-electron chi connectivity index (χ4n) is 1.27. The van der Waals surface area contributed by atoms with Gasteiger partial charge in [-0.15, -0.1) is 0 Å². The van der Waals surface area contributed by atoms with E-state index in [0.717, 1.165) is 0 Å². The van der Waals surface area contributed by atoms with Gasteiger partial charge in [0.1, 0.15) is 12.1 Å². The highest BCUT2D eigenvalue weighted by Gasteiger charge is 2.17. The van der Waals surface area contributed by atoms with Gasteiger partial charge in [0, 0.05) is 0 Å². The maximum Gasteiger partial charge on any atom is 0.325 e. The second-order valence-corrected chi connectivity index (χ2v) is 5.16. The third kappa shape index (κ3) is 4.75. The summed E-state index contributed by atoms with van der Waals surface area (Å²) in [6, 6.07) is 6.64. The number of nitrogens with one attached hydrogen (secondary N) is 1. The van der Waals surface area contributed by atoms with Crippen LogP contribution >= 0.6 is 11.6 Å². The zero-order valence-electron chi connectivity index (χ0n) is 10.6. The van der Waals surface area contributed by atoms with Gasteiger partial charge in [-0.2, -0.15) is 0 Å². The van der Waals surface area contributed by atoms with Crippen LogP contribution in [-0.2, 0) is 9.53 Å². The Kier molecular flexibility index (Phi) is 4.73. The van der Waals surface area contributed by atoms with Crippen LogP contribution in [0.25, 0.3) is 0 Å². The van der Waals surface area contributed by atoms with Gasteiger partial charge in [0.05, 0.1) is 10.6 Å². The molecule has 0 bridgehead atoms. The van der Waals surface area contributed by atoms with E-state index in [0.29, 0.717) is 10.6 Å². The van der Waals surface area contributed by atoms with Crippen molar-refractivity contribution in [1.82, 2.24) is 5.32 Å². The molecule has 1 rings (SSSR count). The number of carbonyl (C=O) groups excluding carboxylic acids is 2. The molecule has 0 aliphatic carbocycles. The molecule has 0 aliphatic rings. The van der Waals surface area contributed by atoms with Crippen molar-refractivity contribution < 1.29 is 14.3 Å². The quantitative estimate of drug-likeness (QED) is 0.858. The fraction of sp³-hybridized carbons (Fsp3) is 0.385. The Hall–Kier alpha value is -1.55. The lowest BCUT2D eigenvalue weighted by atomic mass is 10.2. The Morgan fingerprint density at radius 3 is 2.44 bits per heavy atom. The molecule has 1 amide bonds. The molecule has 0 saturated carbocycles. The molecule has 0 saturated heterocycles. The summed E-state index contributed by atoms with van der Waals surface area (Å²) in [6.45, 7) is 5.11. The Morgan fingerprint density at radius 1 is 1.28 bits per heavy atom. The van der Waals surface area contributed by atoms with E-state index in [1.54, 1.807) is 45.0 Å². The first-order valence-electron chi connectivity index (χ1n) is 5.54. The minimum absolute atomic E-state index is 0.179. The average Bonchev–Trinajstić information content (AvgIpc) is 2.24. The number of carbonyl (C=O) groups is 2. The Bertz CT molecular complexity index is 452. The van der Waals surface area contributed by atoms with E-state index in [-0.39, 0.29) is 6.54 Å². The monoisotopic (exact) mass is 269 g/mol. The SMILES string of the molecule is CC(C)(C)OC(=O)CNC(=O)c1ccccc1Cl. The van der Waals surface area contributed by atoms with Gasteiger partial charge in [0.2, 0.25) is 0 Å². The maximum absolute atomic E-state index is 11.7. The zero-order valence-corrected chi connectivity index (χ0v) is 11.4. The van der Waals surface area contributed by atoms with Crippen LogP contribution in [0.1, 0.15) is 31.1 Å². The van der Waals surface area contributed by atoms with Gasteiger partial charge in [-0.3, -0.25) is 9.59 Å². The summed E-state index contributed by atoms with van der Waals surface area (Å²) in [7, 11) is 0. The van der Waals surface area contributed by atoms with Crippen molar-refractivity contribution in [3.8, 4) is 0 Å². The highest BCUT2D eigenvalue weighted by atomic mass is 35.5. The van der Waals surface area contributed by atoms with Crippen LogP contribution in [0.3, 0.4) is 0 Å². The highest BCUT2D eigenvalue weighted by Crippen LogP contribution is 2.14. The molecular formula is C13H16ClNO3. The number of benzene rings is 1. The number of ether oxygens (including phenoxy) is 1. The number of hydrogen-bond acceptors (Lipinski definition) is 3. The van der Waals surface area contributed by atoms with Gasteiger partial charge in [0.25, 0.3) is 5.91 Å². The van der Waals surface area contributed by atoms with Gasteiger partial charge in [-0.1, -0.05) is 23.7 Å². The third-order valence-electron chi connectivity index (χ3n) is 1.93. The molecule has 98 valence electrons. The molecule has 1 aromatic rings. The number of esters is 1. The molecule has 0 spiro atoms. The van der Waals surface area contributed by atoms with Crippen molar-refractivity contribution in [3.05, 3.63) is 34.9 Å². The summed E-state index contributed by atoms with van der Waals surface area (Å²) in [4.78, 5) is 23.1. The Balaban J connectivity index is 2.52. The minimum Gasteiger partial charge on any atom is -0.459 e. The van der Waals surface area contributed by atoms with Crippen LogP contribution in [0, 0.1) is 0 Å². The lowest BCUT2D eigenvalue weighted by Gasteiger charge is -2.19. The standard InChI is InChI=1S/C13H16ClNO3/c1-13(2,3)18-11(16)8-15-12(17)9-6-4-5-7-10(9)14/h4-7H,8H2,1-3H3,(H,15,17). The van der Waals surface area contributed by atoms with Crippen molar-refractivity contribution in [2.24, 2.45) is 0 Å². The molecule has 0 unspecified atom stereocenters. The van der Waals surface area contributed by atoms with Crippen molar-refractivity contribution in [2.75, 3.05) is 6.54 Å². The molecule has 18 heavy (non-hydrogen) atoms. The first-order valence-corrected chi connectivity index (χ1v) is 5.92. The van der Waals surface area contributed by atoms with E-state index in [1.165, 1.54) is 0 Å². The summed E-state index contributed by atoms with van der Waals surface area (Å²) < 4.78 is 5.07. The maximum atomic E-state index is 11.7. The van der Waals surface area contributed by atoms with E-state index in [4.69, 9.17) is 16.3 Å². The van der Waals surface area contributed by atoms with Crippen molar-refractivity contribution >= 4 is 23.5 Å². The minimum atomic E-state index is -0.563. The number of amides is 1. The molecule has 0 heterocycles. The fourth-order valence-corrected chi connectivity index (χ4v) is 1.49. The third-order valence-corrected chi connectivity index (χ3v) is 2.26. The zero-order chi connectivity index (χ0) is 13.8. The first-order chi connectivity index (χ1) is 8.29. The topological polar surface area (TPSA) is 55.4 Å². The van der Waals surface area contributed by atoms with Gasteiger partial charge in [-0.25, -0.2) is 0 Å².